The number of methoxy groups -OCH3 is 1. The molecule has 2 nitrogen and oxygen atoms in total. The Morgan fingerprint density at radius 1 is 1.11 bits per heavy atom. The van der Waals surface area contributed by atoms with E-state index in [1.165, 1.54) is 31.4 Å². The fourth-order valence-corrected chi connectivity index (χ4v) is 1.96. The summed E-state index contributed by atoms with van der Waals surface area (Å²) in [5.74, 6) is -2.98. The SMILES string of the molecule is COc1ccc(C)cc1C(F)(F)c1cccc(N)c1. The van der Waals surface area contributed by atoms with Gasteiger partial charge in [0.05, 0.1) is 12.7 Å². The lowest BCUT2D eigenvalue weighted by Gasteiger charge is -2.20. The summed E-state index contributed by atoms with van der Waals surface area (Å²) in [5.41, 5.74) is 6.33. The zero-order valence-electron chi connectivity index (χ0n) is 10.8. The van der Waals surface area contributed by atoms with Crippen LogP contribution in [-0.4, -0.2) is 7.11 Å². The highest BCUT2D eigenvalue weighted by atomic mass is 19.3. The Balaban J connectivity index is 2.58. The van der Waals surface area contributed by atoms with E-state index in [4.69, 9.17) is 10.5 Å². The second-order valence-electron chi connectivity index (χ2n) is 4.40. The summed E-state index contributed by atoms with van der Waals surface area (Å²) < 4.78 is 34.1. The molecular formula is C15H15F2NO. The minimum atomic E-state index is -3.15. The summed E-state index contributed by atoms with van der Waals surface area (Å²) in [7, 11) is 1.38. The van der Waals surface area contributed by atoms with E-state index in [1.807, 2.05) is 0 Å². The fraction of sp³-hybridized carbons (Fsp3) is 0.200. The van der Waals surface area contributed by atoms with Crippen LogP contribution in [0.2, 0.25) is 0 Å². The molecule has 19 heavy (non-hydrogen) atoms. The van der Waals surface area contributed by atoms with E-state index in [-0.39, 0.29) is 16.9 Å². The molecular weight excluding hydrogens is 248 g/mol. The van der Waals surface area contributed by atoms with Crippen molar-refractivity contribution >= 4 is 5.69 Å². The van der Waals surface area contributed by atoms with Crippen LogP contribution in [0.15, 0.2) is 42.5 Å². The fourth-order valence-electron chi connectivity index (χ4n) is 1.96. The summed E-state index contributed by atoms with van der Waals surface area (Å²) in [6.07, 6.45) is 0. The van der Waals surface area contributed by atoms with E-state index >= 15 is 0 Å². The number of nitrogen functional groups attached to an aromatic ring is 1. The number of nitrogens with two attached hydrogens (primary N) is 1. The molecule has 2 aromatic rings. The van der Waals surface area contributed by atoms with E-state index in [0.717, 1.165) is 5.56 Å². The molecule has 4 heteroatoms. The van der Waals surface area contributed by atoms with Gasteiger partial charge in [0.25, 0.3) is 0 Å². The van der Waals surface area contributed by atoms with Crippen molar-refractivity contribution < 1.29 is 13.5 Å². The van der Waals surface area contributed by atoms with Crippen LogP contribution in [-0.2, 0) is 5.92 Å². The molecule has 0 saturated carbocycles. The molecule has 0 amide bonds. The first-order valence-corrected chi connectivity index (χ1v) is 5.84. The Hall–Kier alpha value is -2.10. The molecule has 0 fully saturated rings. The smallest absolute Gasteiger partial charge is 0.302 e. The maximum Gasteiger partial charge on any atom is 0.302 e. The maximum atomic E-state index is 14.6. The average Bonchev–Trinajstić information content (AvgIpc) is 2.38. The van der Waals surface area contributed by atoms with Gasteiger partial charge < -0.3 is 10.5 Å². The van der Waals surface area contributed by atoms with Crippen molar-refractivity contribution in [1.29, 1.82) is 0 Å². The van der Waals surface area contributed by atoms with Crippen LogP contribution in [0, 0.1) is 6.92 Å². The van der Waals surface area contributed by atoms with Gasteiger partial charge in [-0.3, -0.25) is 0 Å². The zero-order chi connectivity index (χ0) is 14.0. The molecule has 0 aliphatic carbocycles. The molecule has 0 spiro atoms. The van der Waals surface area contributed by atoms with E-state index in [9.17, 15) is 8.78 Å². The Bertz CT molecular complexity index is 596. The highest BCUT2D eigenvalue weighted by molar-refractivity contribution is 5.49. The summed E-state index contributed by atoms with van der Waals surface area (Å²) in [6, 6.07) is 10.4. The largest absolute Gasteiger partial charge is 0.496 e. The molecule has 0 aromatic heterocycles. The van der Waals surface area contributed by atoms with Crippen LogP contribution in [0.5, 0.6) is 5.75 Å². The van der Waals surface area contributed by atoms with Gasteiger partial charge in [0, 0.05) is 11.3 Å². The van der Waals surface area contributed by atoms with Gasteiger partial charge in [0.1, 0.15) is 5.75 Å². The maximum absolute atomic E-state index is 14.6. The minimum Gasteiger partial charge on any atom is -0.496 e. The van der Waals surface area contributed by atoms with Crippen molar-refractivity contribution in [2.45, 2.75) is 12.8 Å². The Kier molecular flexibility index (Phi) is 3.42. The van der Waals surface area contributed by atoms with Gasteiger partial charge in [0.2, 0.25) is 0 Å². The second kappa shape index (κ2) is 4.88. The number of ether oxygens (including phenoxy) is 1. The number of hydrogen-bond acceptors (Lipinski definition) is 2. The van der Waals surface area contributed by atoms with E-state index in [1.54, 1.807) is 25.1 Å². The molecule has 0 unspecified atom stereocenters. The van der Waals surface area contributed by atoms with Gasteiger partial charge in [-0.15, -0.1) is 0 Å². The Morgan fingerprint density at radius 3 is 2.47 bits per heavy atom. The number of rotatable bonds is 3. The van der Waals surface area contributed by atoms with Crippen molar-refractivity contribution in [2.24, 2.45) is 0 Å². The first kappa shape index (κ1) is 13.3. The van der Waals surface area contributed by atoms with Gasteiger partial charge in [0.15, 0.2) is 0 Å². The number of benzene rings is 2. The quantitative estimate of drug-likeness (QED) is 0.856. The number of aryl methyl sites for hydroxylation is 1. The van der Waals surface area contributed by atoms with E-state index < -0.39 is 5.92 Å². The van der Waals surface area contributed by atoms with Crippen molar-refractivity contribution in [3.63, 3.8) is 0 Å². The molecule has 0 aliphatic rings. The monoisotopic (exact) mass is 263 g/mol. The summed E-state index contributed by atoms with van der Waals surface area (Å²) >= 11 is 0. The first-order valence-electron chi connectivity index (χ1n) is 5.84. The highest BCUT2D eigenvalue weighted by Crippen LogP contribution is 2.41. The van der Waals surface area contributed by atoms with Crippen LogP contribution in [0.1, 0.15) is 16.7 Å². The minimum absolute atomic E-state index is 0.142. The number of halogens is 2. The third-order valence-electron chi connectivity index (χ3n) is 2.94. The van der Waals surface area contributed by atoms with Crippen molar-refractivity contribution in [1.82, 2.24) is 0 Å². The van der Waals surface area contributed by atoms with Crippen LogP contribution >= 0.6 is 0 Å². The third-order valence-corrected chi connectivity index (χ3v) is 2.94. The molecule has 2 rings (SSSR count). The topological polar surface area (TPSA) is 35.2 Å². The van der Waals surface area contributed by atoms with Crippen LogP contribution in [0.4, 0.5) is 14.5 Å². The van der Waals surface area contributed by atoms with Gasteiger partial charge in [-0.05, 0) is 31.2 Å². The number of anilines is 1. The average molecular weight is 263 g/mol. The summed E-state index contributed by atoms with van der Waals surface area (Å²) in [4.78, 5) is 0. The Morgan fingerprint density at radius 2 is 1.84 bits per heavy atom. The number of hydrogen-bond donors (Lipinski definition) is 1. The second-order valence-corrected chi connectivity index (χ2v) is 4.40. The van der Waals surface area contributed by atoms with Crippen LogP contribution in [0.3, 0.4) is 0 Å². The molecule has 0 aliphatic heterocycles. The molecule has 2 aromatic carbocycles. The first-order chi connectivity index (χ1) is 8.95. The number of alkyl halides is 2. The van der Waals surface area contributed by atoms with Gasteiger partial charge in [-0.25, -0.2) is 0 Å². The van der Waals surface area contributed by atoms with Crippen molar-refractivity contribution in [2.75, 3.05) is 12.8 Å². The van der Waals surface area contributed by atoms with Gasteiger partial charge in [-0.2, -0.15) is 8.78 Å². The lowest BCUT2D eigenvalue weighted by Crippen LogP contribution is -2.17. The molecule has 100 valence electrons. The summed E-state index contributed by atoms with van der Waals surface area (Å²) in [6.45, 7) is 1.76. The van der Waals surface area contributed by atoms with Gasteiger partial charge >= 0.3 is 5.92 Å². The van der Waals surface area contributed by atoms with Crippen LogP contribution < -0.4 is 10.5 Å². The van der Waals surface area contributed by atoms with E-state index in [2.05, 4.69) is 0 Å². The van der Waals surface area contributed by atoms with Crippen molar-refractivity contribution in [3.05, 3.63) is 59.2 Å². The predicted octanol–water partition coefficient (Wildman–Crippen LogP) is 3.73. The third kappa shape index (κ3) is 2.52. The Labute approximate surface area is 110 Å². The predicted molar refractivity (Wildman–Crippen MR) is 71.6 cm³/mol. The lowest BCUT2D eigenvalue weighted by atomic mass is 9.97. The molecule has 0 bridgehead atoms. The molecule has 0 heterocycles. The van der Waals surface area contributed by atoms with Crippen LogP contribution in [0.25, 0.3) is 0 Å². The van der Waals surface area contributed by atoms with E-state index in [0.29, 0.717) is 5.69 Å². The molecule has 2 N–H and O–H groups in total. The molecule has 0 atom stereocenters. The highest BCUT2D eigenvalue weighted by Gasteiger charge is 2.37. The van der Waals surface area contributed by atoms with Crippen molar-refractivity contribution in [3.8, 4) is 5.75 Å². The lowest BCUT2D eigenvalue weighted by molar-refractivity contribution is 0.0401. The standard InChI is InChI=1S/C15H15F2NO/c1-10-6-7-14(19-2)13(8-10)15(16,17)11-4-3-5-12(18)9-11/h3-9H,18H2,1-2H3. The summed E-state index contributed by atoms with van der Waals surface area (Å²) in [5, 5.41) is 0. The molecule has 0 saturated heterocycles. The zero-order valence-corrected chi connectivity index (χ0v) is 10.8. The normalized spacial score (nSPS) is 11.4. The molecule has 0 radical (unpaired) electrons. The van der Waals surface area contributed by atoms with Gasteiger partial charge in [-0.1, -0.05) is 23.8 Å².